The molecule has 2 amide bonds. The summed E-state index contributed by atoms with van der Waals surface area (Å²) in [5.74, 6) is -0.545. The highest BCUT2D eigenvalue weighted by Crippen LogP contribution is 2.22. The van der Waals surface area contributed by atoms with Crippen LogP contribution in [0.15, 0.2) is 60.7 Å². The molecule has 0 aliphatic carbocycles. The summed E-state index contributed by atoms with van der Waals surface area (Å²) < 4.78 is 11.0. The SMILES string of the molecule is CCC[C@H](COCc1ccccc1)C(=O)N1C(=O)OC[C@@H]1Cc1ccccc1. The van der Waals surface area contributed by atoms with Crippen LogP contribution >= 0.6 is 0 Å². The Morgan fingerprint density at radius 3 is 2.39 bits per heavy atom. The molecule has 148 valence electrons. The predicted octanol–water partition coefficient (Wildman–Crippen LogP) is 4.21. The van der Waals surface area contributed by atoms with Gasteiger partial charge in [-0.05, 0) is 24.0 Å². The second-order valence-corrected chi connectivity index (χ2v) is 7.12. The molecule has 0 bridgehead atoms. The van der Waals surface area contributed by atoms with Crippen LogP contribution in [0, 0.1) is 5.92 Å². The molecule has 1 aliphatic rings. The molecule has 1 aliphatic heterocycles. The number of nitrogens with zero attached hydrogens (tertiary/aromatic N) is 1. The molecule has 2 aromatic carbocycles. The van der Waals surface area contributed by atoms with Crippen LogP contribution in [0.3, 0.4) is 0 Å². The van der Waals surface area contributed by atoms with E-state index < -0.39 is 6.09 Å². The maximum absolute atomic E-state index is 13.1. The number of hydrogen-bond donors (Lipinski definition) is 0. The molecule has 0 aromatic heterocycles. The third kappa shape index (κ3) is 5.20. The molecule has 0 saturated carbocycles. The van der Waals surface area contributed by atoms with Crippen molar-refractivity contribution in [2.24, 2.45) is 5.92 Å². The largest absolute Gasteiger partial charge is 0.447 e. The first kappa shape index (κ1) is 20.1. The Balaban J connectivity index is 1.63. The summed E-state index contributed by atoms with van der Waals surface area (Å²) in [6.45, 7) is 3.01. The zero-order valence-corrected chi connectivity index (χ0v) is 16.3. The van der Waals surface area contributed by atoms with Gasteiger partial charge in [0.2, 0.25) is 5.91 Å². The van der Waals surface area contributed by atoms with Crippen LogP contribution in [0.25, 0.3) is 0 Å². The molecule has 1 fully saturated rings. The highest BCUT2D eigenvalue weighted by molar-refractivity contribution is 5.94. The number of ether oxygens (including phenoxy) is 2. The monoisotopic (exact) mass is 381 g/mol. The molecule has 5 heteroatoms. The summed E-state index contributed by atoms with van der Waals surface area (Å²) in [5, 5.41) is 0. The van der Waals surface area contributed by atoms with Gasteiger partial charge in [0, 0.05) is 0 Å². The van der Waals surface area contributed by atoms with E-state index in [-0.39, 0.29) is 24.5 Å². The molecule has 1 heterocycles. The van der Waals surface area contributed by atoms with Gasteiger partial charge in [0.1, 0.15) is 6.61 Å². The van der Waals surface area contributed by atoms with Crippen molar-refractivity contribution < 1.29 is 19.1 Å². The Morgan fingerprint density at radius 2 is 1.75 bits per heavy atom. The first-order chi connectivity index (χ1) is 13.7. The second kappa shape index (κ2) is 10.0. The highest BCUT2D eigenvalue weighted by atomic mass is 16.6. The lowest BCUT2D eigenvalue weighted by molar-refractivity contribution is -0.136. The Hall–Kier alpha value is -2.66. The summed E-state index contributed by atoms with van der Waals surface area (Å²) in [4.78, 5) is 26.7. The van der Waals surface area contributed by atoms with Gasteiger partial charge in [0.05, 0.1) is 25.2 Å². The number of carbonyl (C=O) groups excluding carboxylic acids is 2. The Kier molecular flexibility index (Phi) is 7.20. The van der Waals surface area contributed by atoms with Gasteiger partial charge in [-0.25, -0.2) is 9.69 Å². The maximum atomic E-state index is 13.1. The van der Waals surface area contributed by atoms with Gasteiger partial charge >= 0.3 is 6.09 Å². The average Bonchev–Trinajstić information content (AvgIpc) is 3.08. The van der Waals surface area contributed by atoms with Gasteiger partial charge < -0.3 is 9.47 Å². The normalized spacial score (nSPS) is 17.4. The molecule has 0 N–H and O–H groups in total. The van der Waals surface area contributed by atoms with E-state index in [0.717, 1.165) is 17.5 Å². The van der Waals surface area contributed by atoms with Crippen molar-refractivity contribution in [2.75, 3.05) is 13.2 Å². The quantitative estimate of drug-likeness (QED) is 0.653. The van der Waals surface area contributed by atoms with Crippen LogP contribution in [0.5, 0.6) is 0 Å². The van der Waals surface area contributed by atoms with Crippen LogP contribution in [0.2, 0.25) is 0 Å². The van der Waals surface area contributed by atoms with Gasteiger partial charge in [0.15, 0.2) is 0 Å². The number of carbonyl (C=O) groups is 2. The lowest BCUT2D eigenvalue weighted by Gasteiger charge is -2.25. The fourth-order valence-electron chi connectivity index (χ4n) is 3.48. The molecular weight excluding hydrogens is 354 g/mol. The third-order valence-corrected chi connectivity index (χ3v) is 4.93. The molecule has 1 saturated heterocycles. The van der Waals surface area contributed by atoms with E-state index in [0.29, 0.717) is 26.1 Å². The topological polar surface area (TPSA) is 55.8 Å². The molecule has 2 aromatic rings. The van der Waals surface area contributed by atoms with Crippen LogP contribution < -0.4 is 0 Å². The molecule has 0 unspecified atom stereocenters. The van der Waals surface area contributed by atoms with E-state index in [1.165, 1.54) is 4.90 Å². The smallest absolute Gasteiger partial charge is 0.416 e. The van der Waals surface area contributed by atoms with Gasteiger partial charge in [0.25, 0.3) is 0 Å². The number of cyclic esters (lactones) is 1. The highest BCUT2D eigenvalue weighted by Gasteiger charge is 2.40. The molecule has 0 radical (unpaired) electrons. The molecular formula is C23H27NO4. The van der Waals surface area contributed by atoms with E-state index in [9.17, 15) is 9.59 Å². The van der Waals surface area contributed by atoms with E-state index in [1.54, 1.807) is 0 Å². The molecule has 3 rings (SSSR count). The Morgan fingerprint density at radius 1 is 1.11 bits per heavy atom. The Bertz CT molecular complexity index is 763. The molecule has 0 spiro atoms. The summed E-state index contributed by atoms with van der Waals surface area (Å²) in [7, 11) is 0. The summed E-state index contributed by atoms with van der Waals surface area (Å²) in [6.07, 6.45) is 1.57. The van der Waals surface area contributed by atoms with E-state index >= 15 is 0 Å². The zero-order valence-electron chi connectivity index (χ0n) is 16.3. The number of imide groups is 1. The zero-order chi connectivity index (χ0) is 19.8. The first-order valence-corrected chi connectivity index (χ1v) is 9.84. The molecule has 5 nitrogen and oxygen atoms in total. The van der Waals surface area contributed by atoms with E-state index in [4.69, 9.17) is 9.47 Å². The first-order valence-electron chi connectivity index (χ1n) is 9.84. The minimum atomic E-state index is -0.546. The number of amides is 2. The third-order valence-electron chi connectivity index (χ3n) is 4.93. The summed E-state index contributed by atoms with van der Waals surface area (Å²) >= 11 is 0. The van der Waals surface area contributed by atoms with Crippen molar-refractivity contribution in [1.82, 2.24) is 4.90 Å². The summed E-state index contributed by atoms with van der Waals surface area (Å²) in [6, 6.07) is 19.4. The summed E-state index contributed by atoms with van der Waals surface area (Å²) in [5.41, 5.74) is 2.14. The van der Waals surface area contributed by atoms with Gasteiger partial charge in [-0.2, -0.15) is 0 Å². The number of benzene rings is 2. The standard InChI is InChI=1S/C23H27NO4/c1-2-9-20(16-27-15-19-12-7-4-8-13-19)22(25)24-21(17-28-23(24)26)14-18-10-5-3-6-11-18/h3-8,10-13,20-21H,2,9,14-17H2,1H3/t20-,21+/m1/s1. The van der Waals surface area contributed by atoms with Gasteiger partial charge in [-0.3, -0.25) is 4.79 Å². The predicted molar refractivity (Wildman–Crippen MR) is 107 cm³/mol. The Labute approximate surface area is 166 Å². The van der Waals surface area contributed by atoms with Crippen LogP contribution in [-0.2, 0) is 27.3 Å². The van der Waals surface area contributed by atoms with Crippen molar-refractivity contribution in [3.8, 4) is 0 Å². The van der Waals surface area contributed by atoms with Crippen molar-refractivity contribution in [3.05, 3.63) is 71.8 Å². The van der Waals surface area contributed by atoms with E-state index in [2.05, 4.69) is 0 Å². The minimum absolute atomic E-state index is 0.196. The van der Waals surface area contributed by atoms with E-state index in [1.807, 2.05) is 67.6 Å². The minimum Gasteiger partial charge on any atom is -0.447 e. The molecule has 28 heavy (non-hydrogen) atoms. The second-order valence-electron chi connectivity index (χ2n) is 7.12. The lowest BCUT2D eigenvalue weighted by Crippen LogP contribution is -2.44. The van der Waals surface area contributed by atoms with Gasteiger partial charge in [-0.1, -0.05) is 74.0 Å². The number of hydrogen-bond acceptors (Lipinski definition) is 4. The van der Waals surface area contributed by atoms with Crippen LogP contribution in [0.4, 0.5) is 4.79 Å². The van der Waals surface area contributed by atoms with Gasteiger partial charge in [-0.15, -0.1) is 0 Å². The fraction of sp³-hybridized carbons (Fsp3) is 0.391. The van der Waals surface area contributed by atoms with Crippen molar-refractivity contribution in [3.63, 3.8) is 0 Å². The lowest BCUT2D eigenvalue weighted by atomic mass is 10.0. The van der Waals surface area contributed by atoms with Crippen LogP contribution in [-0.4, -0.2) is 36.2 Å². The maximum Gasteiger partial charge on any atom is 0.416 e. The van der Waals surface area contributed by atoms with Crippen molar-refractivity contribution >= 4 is 12.0 Å². The number of rotatable bonds is 9. The fourth-order valence-corrected chi connectivity index (χ4v) is 3.48. The van der Waals surface area contributed by atoms with Crippen molar-refractivity contribution in [1.29, 1.82) is 0 Å². The average molecular weight is 381 g/mol. The molecule has 2 atom stereocenters. The van der Waals surface area contributed by atoms with Crippen molar-refractivity contribution in [2.45, 2.75) is 38.8 Å². The van der Waals surface area contributed by atoms with Crippen LogP contribution in [0.1, 0.15) is 30.9 Å².